The second-order valence-electron chi connectivity index (χ2n) is 2.67. The van der Waals surface area contributed by atoms with E-state index in [9.17, 15) is 4.39 Å². The Bertz CT molecular complexity index is 313. The van der Waals surface area contributed by atoms with Crippen molar-refractivity contribution in [2.24, 2.45) is 5.73 Å². The second-order valence-corrected chi connectivity index (χ2v) is 2.67. The Morgan fingerprint density at radius 1 is 1.62 bits per heavy atom. The third-order valence-corrected chi connectivity index (χ3v) is 1.74. The molecular formula is C9H12FN3. The fraction of sp³-hybridized carbons (Fsp3) is 0.222. The van der Waals surface area contributed by atoms with Gasteiger partial charge >= 0.3 is 0 Å². The van der Waals surface area contributed by atoms with E-state index in [-0.39, 0.29) is 12.3 Å². The fourth-order valence-electron chi connectivity index (χ4n) is 1.07. The van der Waals surface area contributed by atoms with E-state index < -0.39 is 5.83 Å². The Hall–Kier alpha value is -1.42. The number of nitrogens with two attached hydrogens (primary N) is 1. The van der Waals surface area contributed by atoms with Crippen LogP contribution in [0.2, 0.25) is 0 Å². The molecule has 0 spiro atoms. The molecule has 3 nitrogen and oxygen atoms in total. The average molecular weight is 181 g/mol. The third kappa shape index (κ3) is 2.03. The molecule has 0 heterocycles. The molecule has 0 radical (unpaired) electrons. The maximum absolute atomic E-state index is 13.0. The van der Waals surface area contributed by atoms with Crippen LogP contribution in [-0.2, 0) is 0 Å². The summed E-state index contributed by atoms with van der Waals surface area (Å²) in [5.74, 6) is -0.416. The van der Waals surface area contributed by atoms with Gasteiger partial charge in [0.25, 0.3) is 0 Å². The van der Waals surface area contributed by atoms with Crippen molar-refractivity contribution in [2.45, 2.75) is 0 Å². The minimum Gasteiger partial charge on any atom is -0.393 e. The van der Waals surface area contributed by atoms with Crippen LogP contribution in [0.3, 0.4) is 0 Å². The van der Waals surface area contributed by atoms with Crippen molar-refractivity contribution in [1.29, 1.82) is 5.41 Å². The average Bonchev–Trinajstić information content (AvgIpc) is 2.10. The maximum atomic E-state index is 13.0. The van der Waals surface area contributed by atoms with Crippen molar-refractivity contribution >= 4 is 5.71 Å². The van der Waals surface area contributed by atoms with Crippen molar-refractivity contribution in [2.75, 3.05) is 13.6 Å². The molecule has 1 aliphatic rings. The molecule has 0 amide bonds. The zero-order valence-electron chi connectivity index (χ0n) is 7.39. The lowest BCUT2D eigenvalue weighted by molar-refractivity contribution is 0.646. The van der Waals surface area contributed by atoms with Gasteiger partial charge in [0, 0.05) is 30.9 Å². The van der Waals surface area contributed by atoms with E-state index in [1.165, 1.54) is 6.08 Å². The molecule has 13 heavy (non-hydrogen) atoms. The van der Waals surface area contributed by atoms with Crippen molar-refractivity contribution in [3.63, 3.8) is 0 Å². The largest absolute Gasteiger partial charge is 0.393 e. The number of hydrogen-bond donors (Lipinski definition) is 3. The lowest BCUT2D eigenvalue weighted by Gasteiger charge is -2.11. The van der Waals surface area contributed by atoms with Gasteiger partial charge in [0.05, 0.1) is 5.71 Å². The molecule has 0 saturated heterocycles. The first kappa shape index (κ1) is 9.67. The summed E-state index contributed by atoms with van der Waals surface area (Å²) in [6.45, 7) is 0.149. The van der Waals surface area contributed by atoms with E-state index in [0.717, 1.165) is 0 Å². The van der Waals surface area contributed by atoms with E-state index >= 15 is 0 Å². The van der Waals surface area contributed by atoms with Gasteiger partial charge in [-0.3, -0.25) is 0 Å². The van der Waals surface area contributed by atoms with Crippen LogP contribution < -0.4 is 11.1 Å². The van der Waals surface area contributed by atoms with Crippen LogP contribution in [0, 0.1) is 5.41 Å². The third-order valence-electron chi connectivity index (χ3n) is 1.74. The highest BCUT2D eigenvalue weighted by Crippen LogP contribution is 2.19. The summed E-state index contributed by atoms with van der Waals surface area (Å²) >= 11 is 0. The quantitative estimate of drug-likeness (QED) is 0.591. The molecule has 0 unspecified atom stereocenters. The van der Waals surface area contributed by atoms with Gasteiger partial charge in [0.15, 0.2) is 0 Å². The van der Waals surface area contributed by atoms with E-state index in [1.54, 1.807) is 19.3 Å². The molecule has 0 aromatic heterocycles. The molecule has 0 bridgehead atoms. The van der Waals surface area contributed by atoms with Crippen LogP contribution in [0.1, 0.15) is 0 Å². The SMILES string of the molecule is CN/C=C1/C=C(CN)C(F)=CC1=N. The Morgan fingerprint density at radius 3 is 2.85 bits per heavy atom. The summed E-state index contributed by atoms with van der Waals surface area (Å²) in [7, 11) is 1.73. The summed E-state index contributed by atoms with van der Waals surface area (Å²) in [5.41, 5.74) is 6.56. The van der Waals surface area contributed by atoms with Crippen molar-refractivity contribution in [3.05, 3.63) is 35.3 Å². The van der Waals surface area contributed by atoms with Crippen LogP contribution in [0.15, 0.2) is 35.3 Å². The molecule has 0 aromatic carbocycles. The standard InChI is InChI=1S/C9H12FN3/c1-13-5-7-2-6(4-11)8(10)3-9(7)12/h2-3,5,12-13H,4,11H2,1H3/b7-5-,12-9?. The number of halogens is 1. The molecule has 0 fully saturated rings. The zero-order chi connectivity index (χ0) is 9.84. The number of nitrogens with one attached hydrogen (secondary N) is 2. The monoisotopic (exact) mass is 181 g/mol. The Balaban J connectivity index is 3.01. The Labute approximate surface area is 76.3 Å². The van der Waals surface area contributed by atoms with E-state index in [1.807, 2.05) is 0 Å². The van der Waals surface area contributed by atoms with Crippen LogP contribution in [0.4, 0.5) is 4.39 Å². The summed E-state index contributed by atoms with van der Waals surface area (Å²) in [5, 5.41) is 10.2. The molecule has 4 heteroatoms. The fourth-order valence-corrected chi connectivity index (χ4v) is 1.07. The number of rotatable bonds is 2. The highest BCUT2D eigenvalue weighted by atomic mass is 19.1. The first-order valence-electron chi connectivity index (χ1n) is 3.93. The van der Waals surface area contributed by atoms with E-state index in [2.05, 4.69) is 5.32 Å². The molecule has 1 rings (SSSR count). The lowest BCUT2D eigenvalue weighted by atomic mass is 10.00. The van der Waals surface area contributed by atoms with Crippen molar-refractivity contribution in [1.82, 2.24) is 5.32 Å². The molecule has 1 aliphatic carbocycles. The van der Waals surface area contributed by atoms with Crippen LogP contribution in [0.5, 0.6) is 0 Å². The van der Waals surface area contributed by atoms with Gasteiger partial charge < -0.3 is 16.5 Å². The number of hydrogen-bond acceptors (Lipinski definition) is 3. The minimum atomic E-state index is -0.416. The Morgan fingerprint density at radius 2 is 2.31 bits per heavy atom. The van der Waals surface area contributed by atoms with Crippen molar-refractivity contribution < 1.29 is 4.39 Å². The van der Waals surface area contributed by atoms with Gasteiger partial charge in [0.2, 0.25) is 0 Å². The van der Waals surface area contributed by atoms with Gasteiger partial charge in [-0.05, 0) is 12.2 Å². The smallest absolute Gasteiger partial charge is 0.129 e. The van der Waals surface area contributed by atoms with Crippen LogP contribution in [0.25, 0.3) is 0 Å². The molecule has 0 atom stereocenters. The zero-order valence-corrected chi connectivity index (χ0v) is 7.39. The minimum absolute atomic E-state index is 0.149. The lowest BCUT2D eigenvalue weighted by Crippen LogP contribution is -2.12. The van der Waals surface area contributed by atoms with E-state index in [4.69, 9.17) is 11.1 Å². The highest BCUT2D eigenvalue weighted by molar-refractivity contribution is 6.10. The van der Waals surface area contributed by atoms with Crippen LogP contribution >= 0.6 is 0 Å². The number of allylic oxidation sites excluding steroid dienone is 3. The van der Waals surface area contributed by atoms with Gasteiger partial charge in [0.1, 0.15) is 5.83 Å². The van der Waals surface area contributed by atoms with Gasteiger partial charge in [-0.2, -0.15) is 0 Å². The van der Waals surface area contributed by atoms with Crippen LogP contribution in [-0.4, -0.2) is 19.3 Å². The summed E-state index contributed by atoms with van der Waals surface area (Å²) in [6, 6.07) is 0. The molecule has 4 N–H and O–H groups in total. The summed E-state index contributed by atoms with van der Waals surface area (Å²) in [6.07, 6.45) is 4.39. The van der Waals surface area contributed by atoms with Gasteiger partial charge in [-0.15, -0.1) is 0 Å². The first-order chi connectivity index (χ1) is 6.19. The molecule has 0 saturated carbocycles. The molecule has 0 aromatic rings. The maximum Gasteiger partial charge on any atom is 0.129 e. The van der Waals surface area contributed by atoms with Gasteiger partial charge in [-0.1, -0.05) is 0 Å². The van der Waals surface area contributed by atoms with Crippen molar-refractivity contribution in [3.8, 4) is 0 Å². The predicted octanol–water partition coefficient (Wildman–Crippen LogP) is 0.862. The summed E-state index contributed by atoms with van der Waals surface area (Å²) < 4.78 is 13.0. The topological polar surface area (TPSA) is 61.9 Å². The predicted molar refractivity (Wildman–Crippen MR) is 51.2 cm³/mol. The first-order valence-corrected chi connectivity index (χ1v) is 3.93. The Kier molecular flexibility index (Phi) is 2.97. The molecule has 70 valence electrons. The summed E-state index contributed by atoms with van der Waals surface area (Å²) in [4.78, 5) is 0. The normalized spacial score (nSPS) is 19.9. The van der Waals surface area contributed by atoms with Gasteiger partial charge in [-0.25, -0.2) is 4.39 Å². The molecular weight excluding hydrogens is 169 g/mol. The molecule has 0 aliphatic heterocycles. The highest BCUT2D eigenvalue weighted by Gasteiger charge is 2.13. The second kappa shape index (κ2) is 4.00. The van der Waals surface area contributed by atoms with E-state index in [0.29, 0.717) is 11.1 Å².